The van der Waals surface area contributed by atoms with Gasteiger partial charge in [-0.1, -0.05) is 49.3 Å². The summed E-state index contributed by atoms with van der Waals surface area (Å²) in [6.45, 7) is 4.98. The van der Waals surface area contributed by atoms with Crippen molar-refractivity contribution >= 4 is 5.91 Å². The second-order valence-electron chi connectivity index (χ2n) is 5.60. The highest BCUT2D eigenvalue weighted by Gasteiger charge is 2.14. The van der Waals surface area contributed by atoms with Crippen molar-refractivity contribution in [1.29, 1.82) is 0 Å². The minimum Gasteiger partial charge on any atom is -0.367 e. The summed E-state index contributed by atoms with van der Waals surface area (Å²) in [6, 6.07) is 11.7. The number of benzene rings is 1. The number of hydrogen-bond acceptors (Lipinski definition) is 4. The maximum absolute atomic E-state index is 12.0. The zero-order chi connectivity index (χ0) is 15.9. The first-order valence-electron chi connectivity index (χ1n) is 7.37. The van der Waals surface area contributed by atoms with Crippen molar-refractivity contribution in [2.24, 2.45) is 0 Å². The molecule has 1 amide bonds. The van der Waals surface area contributed by atoms with E-state index in [0.29, 0.717) is 24.8 Å². The van der Waals surface area contributed by atoms with Crippen LogP contribution in [0, 0.1) is 0 Å². The van der Waals surface area contributed by atoms with E-state index in [-0.39, 0.29) is 12.5 Å². The summed E-state index contributed by atoms with van der Waals surface area (Å²) < 4.78 is 10.7. The molecule has 5 nitrogen and oxygen atoms in total. The molecule has 0 radical (unpaired) electrons. The van der Waals surface area contributed by atoms with Gasteiger partial charge < -0.3 is 14.2 Å². The van der Waals surface area contributed by atoms with E-state index in [0.717, 1.165) is 11.3 Å². The fourth-order valence-electron chi connectivity index (χ4n) is 1.94. The molecule has 0 atom stereocenters. The molecular formula is C17H22N2O3. The Morgan fingerprint density at radius 2 is 2.05 bits per heavy atom. The fourth-order valence-corrected chi connectivity index (χ4v) is 1.94. The maximum Gasteiger partial charge on any atom is 0.248 e. The second kappa shape index (κ2) is 7.75. The van der Waals surface area contributed by atoms with Crippen molar-refractivity contribution in [1.82, 2.24) is 10.1 Å². The van der Waals surface area contributed by atoms with Gasteiger partial charge in [0.25, 0.3) is 0 Å². The number of rotatable bonds is 7. The second-order valence-corrected chi connectivity index (χ2v) is 5.60. The Labute approximate surface area is 130 Å². The molecule has 0 bridgehead atoms. The SMILES string of the molecule is CC(C)c1cc(CN(C)C(=O)COCc2ccccc2)on1. The molecule has 0 N–H and O–H groups in total. The van der Waals surface area contributed by atoms with E-state index in [1.54, 1.807) is 11.9 Å². The molecule has 2 aromatic rings. The topological polar surface area (TPSA) is 55.6 Å². The monoisotopic (exact) mass is 302 g/mol. The Hall–Kier alpha value is -2.14. The Morgan fingerprint density at radius 3 is 2.68 bits per heavy atom. The number of amides is 1. The highest BCUT2D eigenvalue weighted by Crippen LogP contribution is 2.15. The molecule has 0 fully saturated rings. The first-order chi connectivity index (χ1) is 10.6. The zero-order valence-electron chi connectivity index (χ0n) is 13.3. The number of aromatic nitrogens is 1. The van der Waals surface area contributed by atoms with Crippen molar-refractivity contribution in [3.8, 4) is 0 Å². The minimum atomic E-state index is -0.0848. The third kappa shape index (κ3) is 4.70. The van der Waals surface area contributed by atoms with Crippen molar-refractivity contribution in [2.45, 2.75) is 32.9 Å². The third-order valence-electron chi connectivity index (χ3n) is 3.32. The Bertz CT molecular complexity index is 593. The molecule has 0 unspecified atom stereocenters. The predicted octanol–water partition coefficient (Wildman–Crippen LogP) is 2.97. The van der Waals surface area contributed by atoms with Gasteiger partial charge in [0.05, 0.1) is 18.8 Å². The van der Waals surface area contributed by atoms with Crippen LogP contribution in [0.3, 0.4) is 0 Å². The highest BCUT2D eigenvalue weighted by molar-refractivity contribution is 5.77. The third-order valence-corrected chi connectivity index (χ3v) is 3.32. The van der Waals surface area contributed by atoms with Gasteiger partial charge in [-0.3, -0.25) is 4.79 Å². The van der Waals surface area contributed by atoms with Gasteiger partial charge in [-0.25, -0.2) is 0 Å². The van der Waals surface area contributed by atoms with Crippen molar-refractivity contribution in [3.05, 3.63) is 53.4 Å². The average molecular weight is 302 g/mol. The van der Waals surface area contributed by atoms with E-state index < -0.39 is 0 Å². The van der Waals surface area contributed by atoms with E-state index in [2.05, 4.69) is 5.16 Å². The molecule has 0 saturated heterocycles. The van der Waals surface area contributed by atoms with E-state index >= 15 is 0 Å². The van der Waals surface area contributed by atoms with Gasteiger partial charge in [0.15, 0.2) is 5.76 Å². The Balaban J connectivity index is 1.76. The van der Waals surface area contributed by atoms with Gasteiger partial charge in [-0.15, -0.1) is 0 Å². The lowest BCUT2D eigenvalue weighted by Gasteiger charge is -2.15. The quantitative estimate of drug-likeness (QED) is 0.789. The van der Waals surface area contributed by atoms with Crippen LogP contribution in [-0.4, -0.2) is 29.6 Å². The molecular weight excluding hydrogens is 280 g/mol. The van der Waals surface area contributed by atoms with Crippen LogP contribution in [0.2, 0.25) is 0 Å². The molecule has 0 aliphatic heterocycles. The average Bonchev–Trinajstić information content (AvgIpc) is 2.97. The molecule has 0 aliphatic carbocycles. The fraction of sp³-hybridized carbons (Fsp3) is 0.412. The number of likely N-dealkylation sites (N-methyl/N-ethyl adjacent to an activating group) is 1. The van der Waals surface area contributed by atoms with Crippen molar-refractivity contribution in [2.75, 3.05) is 13.7 Å². The lowest BCUT2D eigenvalue weighted by Crippen LogP contribution is -2.29. The summed E-state index contributed by atoms with van der Waals surface area (Å²) in [5.41, 5.74) is 1.95. The van der Waals surface area contributed by atoms with Crippen molar-refractivity contribution < 1.29 is 14.1 Å². The van der Waals surface area contributed by atoms with Crippen LogP contribution in [0.1, 0.15) is 36.8 Å². The molecule has 1 aromatic heterocycles. The summed E-state index contributed by atoms with van der Waals surface area (Å²) >= 11 is 0. The van der Waals surface area contributed by atoms with Gasteiger partial charge in [-0.2, -0.15) is 0 Å². The molecule has 1 aromatic carbocycles. The standard InChI is InChI=1S/C17H22N2O3/c1-13(2)16-9-15(22-18-16)10-19(3)17(20)12-21-11-14-7-5-4-6-8-14/h4-9,13H,10-12H2,1-3H3. The summed E-state index contributed by atoms with van der Waals surface area (Å²) in [6.07, 6.45) is 0. The minimum absolute atomic E-state index is 0.0522. The van der Waals surface area contributed by atoms with Crippen LogP contribution in [-0.2, 0) is 22.7 Å². The van der Waals surface area contributed by atoms with E-state index in [9.17, 15) is 4.79 Å². The normalized spacial score (nSPS) is 10.9. The van der Waals surface area contributed by atoms with E-state index in [4.69, 9.17) is 9.26 Å². The Kier molecular flexibility index (Phi) is 5.72. The number of carbonyl (C=O) groups excluding carboxylic acids is 1. The molecule has 1 heterocycles. The molecule has 118 valence electrons. The molecule has 2 rings (SSSR count). The molecule has 22 heavy (non-hydrogen) atoms. The van der Waals surface area contributed by atoms with Crippen LogP contribution >= 0.6 is 0 Å². The van der Waals surface area contributed by atoms with Gasteiger partial charge in [0.1, 0.15) is 6.61 Å². The molecule has 0 aliphatic rings. The first-order valence-corrected chi connectivity index (χ1v) is 7.37. The Morgan fingerprint density at radius 1 is 1.32 bits per heavy atom. The van der Waals surface area contributed by atoms with Gasteiger partial charge in [0, 0.05) is 13.1 Å². The lowest BCUT2D eigenvalue weighted by molar-refractivity contribution is -0.136. The lowest BCUT2D eigenvalue weighted by atomic mass is 10.1. The van der Waals surface area contributed by atoms with Gasteiger partial charge in [-0.05, 0) is 11.5 Å². The molecule has 5 heteroatoms. The first kappa shape index (κ1) is 16.2. The van der Waals surface area contributed by atoms with Crippen LogP contribution in [0.4, 0.5) is 0 Å². The van der Waals surface area contributed by atoms with Crippen LogP contribution in [0.25, 0.3) is 0 Å². The van der Waals surface area contributed by atoms with Crippen LogP contribution in [0.5, 0.6) is 0 Å². The van der Waals surface area contributed by atoms with Gasteiger partial charge in [0.2, 0.25) is 5.91 Å². The van der Waals surface area contributed by atoms with Gasteiger partial charge >= 0.3 is 0 Å². The predicted molar refractivity (Wildman–Crippen MR) is 83.2 cm³/mol. The smallest absolute Gasteiger partial charge is 0.248 e. The summed E-state index contributed by atoms with van der Waals surface area (Å²) in [5.74, 6) is 0.911. The van der Waals surface area contributed by atoms with Crippen molar-refractivity contribution in [3.63, 3.8) is 0 Å². The summed E-state index contributed by atoms with van der Waals surface area (Å²) in [7, 11) is 1.73. The van der Waals surface area contributed by atoms with E-state index in [1.165, 1.54) is 0 Å². The summed E-state index contributed by atoms with van der Waals surface area (Å²) in [5, 5.41) is 3.99. The number of ether oxygens (including phenoxy) is 1. The molecule has 0 saturated carbocycles. The zero-order valence-corrected chi connectivity index (χ0v) is 13.3. The molecule has 0 spiro atoms. The number of carbonyl (C=O) groups is 1. The summed E-state index contributed by atoms with van der Waals surface area (Å²) in [4.78, 5) is 13.6. The maximum atomic E-state index is 12.0. The largest absolute Gasteiger partial charge is 0.367 e. The van der Waals surface area contributed by atoms with E-state index in [1.807, 2.05) is 50.2 Å². The number of nitrogens with zero attached hydrogens (tertiary/aromatic N) is 2. The van der Waals surface area contributed by atoms with Crippen LogP contribution in [0.15, 0.2) is 40.9 Å². The number of hydrogen-bond donors (Lipinski definition) is 0. The highest BCUT2D eigenvalue weighted by atomic mass is 16.5. The van der Waals surface area contributed by atoms with Crippen LogP contribution < -0.4 is 0 Å².